The van der Waals surface area contributed by atoms with Crippen LogP contribution in [0.15, 0.2) is 24.3 Å². The molecule has 1 aliphatic rings. The van der Waals surface area contributed by atoms with Gasteiger partial charge in [0.15, 0.2) is 0 Å². The summed E-state index contributed by atoms with van der Waals surface area (Å²) in [6, 6.07) is 9.84. The van der Waals surface area contributed by atoms with Crippen molar-refractivity contribution in [3.8, 4) is 0 Å². The van der Waals surface area contributed by atoms with Crippen LogP contribution in [-0.4, -0.2) is 6.04 Å². The van der Waals surface area contributed by atoms with Crippen molar-refractivity contribution < 1.29 is 0 Å². The Labute approximate surface area is 131 Å². The zero-order valence-corrected chi connectivity index (χ0v) is 14.5. The number of rotatable bonds is 5. The van der Waals surface area contributed by atoms with Gasteiger partial charge in [-0.2, -0.15) is 0 Å². The number of hydrogen-bond acceptors (Lipinski definition) is 1. The summed E-state index contributed by atoms with van der Waals surface area (Å²) in [6.07, 6.45) is 4.14. The Kier molecular flexibility index (Phi) is 5.87. The summed E-state index contributed by atoms with van der Waals surface area (Å²) in [5.74, 6) is 3.13. The Morgan fingerprint density at radius 1 is 1.05 bits per heavy atom. The predicted octanol–water partition coefficient (Wildman–Crippen LogP) is 5.36. The van der Waals surface area contributed by atoms with Crippen LogP contribution in [0, 0.1) is 17.8 Å². The number of benzene rings is 1. The van der Waals surface area contributed by atoms with Gasteiger partial charge in [-0.1, -0.05) is 65.3 Å². The number of hydrogen-bond donors (Lipinski definition) is 1. The fraction of sp³-hybridized carbons (Fsp3) is 0.700. The van der Waals surface area contributed by atoms with Gasteiger partial charge < -0.3 is 5.32 Å². The Bertz CT molecular complexity index is 418. The van der Waals surface area contributed by atoms with E-state index in [9.17, 15) is 0 Å². The molecule has 1 N–H and O–H groups in total. The summed E-state index contributed by atoms with van der Waals surface area (Å²) in [4.78, 5) is 0. The van der Waals surface area contributed by atoms with E-state index in [1.165, 1.54) is 30.4 Å². The van der Waals surface area contributed by atoms with Crippen molar-refractivity contribution in [1.82, 2.24) is 5.32 Å². The standard InChI is InChI=1S/C20H33N/c1-14(2)18-9-7-17(8-10-18)13-21-20-12-16(5)6-11-19(20)15(3)4/h7-10,14-16,19-21H,6,11-13H2,1-5H3. The van der Waals surface area contributed by atoms with Gasteiger partial charge in [0.1, 0.15) is 0 Å². The van der Waals surface area contributed by atoms with E-state index in [0.29, 0.717) is 12.0 Å². The Morgan fingerprint density at radius 2 is 1.71 bits per heavy atom. The average molecular weight is 287 g/mol. The molecule has 21 heavy (non-hydrogen) atoms. The molecule has 0 saturated heterocycles. The SMILES string of the molecule is CC1CCC(C(C)C)C(NCc2ccc(C(C)C)cc2)C1. The van der Waals surface area contributed by atoms with Crippen molar-refractivity contribution in [2.24, 2.45) is 17.8 Å². The van der Waals surface area contributed by atoms with Gasteiger partial charge in [0.05, 0.1) is 0 Å². The molecule has 0 amide bonds. The first kappa shape index (κ1) is 16.5. The van der Waals surface area contributed by atoms with Gasteiger partial charge in [-0.05, 0) is 47.6 Å². The van der Waals surface area contributed by atoms with E-state index in [1.807, 2.05) is 0 Å². The van der Waals surface area contributed by atoms with E-state index >= 15 is 0 Å². The fourth-order valence-corrected chi connectivity index (χ4v) is 3.71. The van der Waals surface area contributed by atoms with Crippen LogP contribution in [0.1, 0.15) is 70.9 Å². The van der Waals surface area contributed by atoms with Crippen LogP contribution in [-0.2, 0) is 6.54 Å². The second-order valence-electron chi connectivity index (χ2n) is 7.71. The normalized spacial score (nSPS) is 26.5. The highest BCUT2D eigenvalue weighted by Gasteiger charge is 2.30. The molecule has 3 unspecified atom stereocenters. The second kappa shape index (κ2) is 7.45. The van der Waals surface area contributed by atoms with E-state index in [-0.39, 0.29) is 0 Å². The lowest BCUT2D eigenvalue weighted by Crippen LogP contribution is -2.42. The highest BCUT2D eigenvalue weighted by molar-refractivity contribution is 5.24. The van der Waals surface area contributed by atoms with Gasteiger partial charge in [-0.3, -0.25) is 0 Å². The third-order valence-corrected chi connectivity index (χ3v) is 5.24. The molecule has 0 aromatic heterocycles. The van der Waals surface area contributed by atoms with Crippen LogP contribution >= 0.6 is 0 Å². The molecular formula is C20H33N. The molecule has 1 aliphatic carbocycles. The van der Waals surface area contributed by atoms with Crippen LogP contribution in [0.5, 0.6) is 0 Å². The van der Waals surface area contributed by atoms with Crippen LogP contribution in [0.25, 0.3) is 0 Å². The summed E-state index contributed by atoms with van der Waals surface area (Å²) in [7, 11) is 0. The first-order valence-corrected chi connectivity index (χ1v) is 8.79. The molecule has 0 spiro atoms. The summed E-state index contributed by atoms with van der Waals surface area (Å²) in [5, 5.41) is 3.85. The number of nitrogens with one attached hydrogen (secondary N) is 1. The molecule has 0 radical (unpaired) electrons. The zero-order chi connectivity index (χ0) is 15.4. The Morgan fingerprint density at radius 3 is 2.29 bits per heavy atom. The smallest absolute Gasteiger partial charge is 0.0208 e. The van der Waals surface area contributed by atoms with E-state index in [2.05, 4.69) is 64.2 Å². The Hall–Kier alpha value is -0.820. The molecule has 0 bridgehead atoms. The maximum atomic E-state index is 3.85. The van der Waals surface area contributed by atoms with Crippen LogP contribution in [0.2, 0.25) is 0 Å². The second-order valence-corrected chi connectivity index (χ2v) is 7.71. The Balaban J connectivity index is 1.93. The van der Waals surface area contributed by atoms with Crippen molar-refractivity contribution in [2.75, 3.05) is 0 Å². The third-order valence-electron chi connectivity index (χ3n) is 5.24. The van der Waals surface area contributed by atoms with Crippen LogP contribution in [0.4, 0.5) is 0 Å². The molecule has 3 atom stereocenters. The summed E-state index contributed by atoms with van der Waals surface area (Å²) < 4.78 is 0. The minimum atomic E-state index is 0.622. The average Bonchev–Trinajstić information content (AvgIpc) is 2.45. The predicted molar refractivity (Wildman–Crippen MR) is 92.5 cm³/mol. The van der Waals surface area contributed by atoms with E-state index in [1.54, 1.807) is 0 Å². The van der Waals surface area contributed by atoms with Gasteiger partial charge in [0, 0.05) is 12.6 Å². The van der Waals surface area contributed by atoms with E-state index in [0.717, 1.165) is 24.3 Å². The maximum Gasteiger partial charge on any atom is 0.0208 e. The summed E-state index contributed by atoms with van der Waals surface area (Å²) >= 11 is 0. The molecule has 1 aromatic carbocycles. The van der Waals surface area contributed by atoms with Crippen LogP contribution < -0.4 is 5.32 Å². The molecule has 2 rings (SSSR count). The van der Waals surface area contributed by atoms with E-state index < -0.39 is 0 Å². The highest BCUT2D eigenvalue weighted by atomic mass is 14.9. The van der Waals surface area contributed by atoms with Crippen LogP contribution in [0.3, 0.4) is 0 Å². The maximum absolute atomic E-state index is 3.85. The highest BCUT2D eigenvalue weighted by Crippen LogP contribution is 2.33. The molecule has 1 saturated carbocycles. The molecule has 118 valence electrons. The van der Waals surface area contributed by atoms with Crippen molar-refractivity contribution in [3.63, 3.8) is 0 Å². The topological polar surface area (TPSA) is 12.0 Å². The van der Waals surface area contributed by atoms with Crippen molar-refractivity contribution in [2.45, 2.75) is 72.4 Å². The zero-order valence-electron chi connectivity index (χ0n) is 14.5. The largest absolute Gasteiger partial charge is 0.310 e. The lowest BCUT2D eigenvalue weighted by molar-refractivity contribution is 0.169. The van der Waals surface area contributed by atoms with Gasteiger partial charge in [-0.25, -0.2) is 0 Å². The van der Waals surface area contributed by atoms with Crippen molar-refractivity contribution in [3.05, 3.63) is 35.4 Å². The molecule has 0 aliphatic heterocycles. The van der Waals surface area contributed by atoms with Gasteiger partial charge in [-0.15, -0.1) is 0 Å². The van der Waals surface area contributed by atoms with E-state index in [4.69, 9.17) is 0 Å². The monoisotopic (exact) mass is 287 g/mol. The molecular weight excluding hydrogens is 254 g/mol. The summed E-state index contributed by atoms with van der Waals surface area (Å²) in [6.45, 7) is 12.7. The van der Waals surface area contributed by atoms with Gasteiger partial charge in [0.2, 0.25) is 0 Å². The molecule has 1 nitrogen and oxygen atoms in total. The lowest BCUT2D eigenvalue weighted by atomic mass is 9.74. The minimum Gasteiger partial charge on any atom is -0.310 e. The third kappa shape index (κ3) is 4.57. The quantitative estimate of drug-likeness (QED) is 0.768. The van der Waals surface area contributed by atoms with Crippen molar-refractivity contribution >= 4 is 0 Å². The molecule has 0 heterocycles. The lowest BCUT2D eigenvalue weighted by Gasteiger charge is -2.38. The van der Waals surface area contributed by atoms with Gasteiger partial charge >= 0.3 is 0 Å². The first-order valence-electron chi connectivity index (χ1n) is 8.79. The fourth-order valence-electron chi connectivity index (χ4n) is 3.71. The molecule has 1 heteroatoms. The first-order chi connectivity index (χ1) is 9.97. The molecule has 1 fully saturated rings. The summed E-state index contributed by atoms with van der Waals surface area (Å²) in [5.41, 5.74) is 2.85. The van der Waals surface area contributed by atoms with Crippen molar-refractivity contribution in [1.29, 1.82) is 0 Å². The van der Waals surface area contributed by atoms with Gasteiger partial charge in [0.25, 0.3) is 0 Å². The minimum absolute atomic E-state index is 0.622. The molecule has 1 aromatic rings.